The molecule has 0 aliphatic heterocycles. The molecule has 0 bridgehead atoms. The lowest BCUT2D eigenvalue weighted by atomic mass is 10.9. The minimum atomic E-state index is 1.64. The van der Waals surface area contributed by atoms with E-state index in [4.69, 9.17) is 0 Å². The van der Waals surface area contributed by atoms with Crippen LogP contribution >= 0.6 is 0 Å². The summed E-state index contributed by atoms with van der Waals surface area (Å²) in [4.78, 5) is 1.75. The first-order chi connectivity index (χ1) is 7.13. The highest BCUT2D eigenvalue weighted by molar-refractivity contribution is 5.09. The quantitative estimate of drug-likeness (QED) is 0.567. The topological polar surface area (TPSA) is 43.4 Å². The Morgan fingerprint density at radius 1 is 1.33 bits per heavy atom. The van der Waals surface area contributed by atoms with Gasteiger partial charge in [-0.05, 0) is 4.80 Å². The van der Waals surface area contributed by atoms with Crippen LogP contribution in [-0.2, 0) is 21.1 Å². The molecule has 0 fully saturated rings. The van der Waals surface area contributed by atoms with Gasteiger partial charge in [0.2, 0.25) is 12.5 Å². The van der Waals surface area contributed by atoms with Crippen molar-refractivity contribution < 1.29 is 9.25 Å². The average molecular weight is 208 g/mol. The van der Waals surface area contributed by atoms with Crippen LogP contribution in [0, 0.1) is 0 Å². The molecule has 0 saturated heterocycles. The Balaban J connectivity index is 0.000000151. The van der Waals surface area contributed by atoms with Crippen molar-refractivity contribution in [1.29, 1.82) is 0 Å². The summed E-state index contributed by atoms with van der Waals surface area (Å²) in [6.45, 7) is 3.53. The Hall–Kier alpha value is -1.98. The fourth-order valence-corrected chi connectivity index (χ4v) is 0.882. The van der Waals surface area contributed by atoms with Crippen molar-refractivity contribution in [3.8, 4) is 0 Å². The molecule has 2 heterocycles. The zero-order valence-electron chi connectivity index (χ0n) is 9.28. The van der Waals surface area contributed by atoms with Gasteiger partial charge < -0.3 is 0 Å². The van der Waals surface area contributed by atoms with E-state index in [1.165, 1.54) is 0 Å². The van der Waals surface area contributed by atoms with Gasteiger partial charge in [0.25, 0.3) is 6.33 Å². The van der Waals surface area contributed by atoms with Crippen LogP contribution in [0.5, 0.6) is 0 Å². The third kappa shape index (κ3) is 3.34. The SMILES string of the molecule is C=Cn1c[n+](C)cn1.Cn1ncc[n+]1C. The van der Waals surface area contributed by atoms with Gasteiger partial charge in [0.15, 0.2) is 6.20 Å². The predicted octanol–water partition coefficient (Wildman–Crippen LogP) is -0.947. The Morgan fingerprint density at radius 3 is 2.27 bits per heavy atom. The second-order valence-corrected chi connectivity index (χ2v) is 3.05. The van der Waals surface area contributed by atoms with Gasteiger partial charge in [-0.2, -0.15) is 4.68 Å². The number of hydrogen-bond donors (Lipinski definition) is 0. The maximum atomic E-state index is 3.90. The molecule has 0 aromatic carbocycles. The smallest absolute Gasteiger partial charge is 0.240 e. The van der Waals surface area contributed by atoms with Crippen LogP contribution < -0.4 is 9.25 Å². The largest absolute Gasteiger partial charge is 0.265 e. The molecule has 6 nitrogen and oxygen atoms in total. The first-order valence-electron chi connectivity index (χ1n) is 4.49. The highest BCUT2D eigenvalue weighted by Crippen LogP contribution is 1.72. The minimum Gasteiger partial charge on any atom is -0.240 e. The summed E-state index contributed by atoms with van der Waals surface area (Å²) >= 11 is 0. The molecular formula is C9H16N6+2. The van der Waals surface area contributed by atoms with Gasteiger partial charge in [-0.15, -0.1) is 0 Å². The fourth-order valence-electron chi connectivity index (χ4n) is 0.882. The molecule has 0 aliphatic carbocycles. The highest BCUT2D eigenvalue weighted by Gasteiger charge is 1.93. The number of aryl methyl sites for hydroxylation is 3. The lowest BCUT2D eigenvalue weighted by molar-refractivity contribution is -0.755. The van der Waals surface area contributed by atoms with E-state index in [1.54, 1.807) is 28.2 Å². The molecule has 0 spiro atoms. The van der Waals surface area contributed by atoms with Gasteiger partial charge in [-0.25, -0.2) is 4.57 Å². The molecule has 0 amide bonds. The molecule has 6 heteroatoms. The molecule has 2 aromatic heterocycles. The molecule has 0 radical (unpaired) electrons. The van der Waals surface area contributed by atoms with Crippen LogP contribution in [0.1, 0.15) is 0 Å². The van der Waals surface area contributed by atoms with Gasteiger partial charge in [0.05, 0.1) is 20.3 Å². The fraction of sp³-hybridized carbons (Fsp3) is 0.333. The van der Waals surface area contributed by atoms with E-state index in [2.05, 4.69) is 16.8 Å². The Kier molecular flexibility index (Phi) is 3.73. The summed E-state index contributed by atoms with van der Waals surface area (Å²) in [5.74, 6) is 0. The van der Waals surface area contributed by atoms with E-state index in [0.717, 1.165) is 0 Å². The third-order valence-corrected chi connectivity index (χ3v) is 1.83. The monoisotopic (exact) mass is 208 g/mol. The lowest BCUT2D eigenvalue weighted by Gasteiger charge is -1.80. The van der Waals surface area contributed by atoms with Gasteiger partial charge in [-0.1, -0.05) is 11.3 Å². The van der Waals surface area contributed by atoms with Crippen molar-refractivity contribution in [2.45, 2.75) is 0 Å². The molecule has 0 N–H and O–H groups in total. The zero-order chi connectivity index (χ0) is 11.3. The van der Waals surface area contributed by atoms with Crippen LogP contribution in [0.15, 0.2) is 31.6 Å². The summed E-state index contributed by atoms with van der Waals surface area (Å²) in [5, 5.41) is 7.79. The van der Waals surface area contributed by atoms with Crippen LogP contribution in [0.25, 0.3) is 6.20 Å². The second-order valence-electron chi connectivity index (χ2n) is 3.05. The number of aromatic nitrogens is 6. The van der Waals surface area contributed by atoms with Crippen molar-refractivity contribution in [2.75, 3.05) is 0 Å². The second kappa shape index (κ2) is 5.04. The van der Waals surface area contributed by atoms with Crippen molar-refractivity contribution >= 4 is 6.20 Å². The molecule has 15 heavy (non-hydrogen) atoms. The summed E-state index contributed by atoms with van der Waals surface area (Å²) in [7, 11) is 5.74. The van der Waals surface area contributed by atoms with E-state index in [1.807, 2.05) is 42.9 Å². The normalized spacial score (nSPS) is 9.27. The molecular weight excluding hydrogens is 192 g/mol. The predicted molar refractivity (Wildman–Crippen MR) is 54.2 cm³/mol. The molecule has 0 aliphatic rings. The summed E-state index contributed by atoms with van der Waals surface area (Å²) < 4.78 is 5.38. The zero-order valence-corrected chi connectivity index (χ0v) is 9.28. The molecule has 0 unspecified atom stereocenters. The first kappa shape index (κ1) is 11.1. The average Bonchev–Trinajstić information content (AvgIpc) is 2.78. The summed E-state index contributed by atoms with van der Waals surface area (Å²) in [6, 6.07) is 0. The van der Waals surface area contributed by atoms with E-state index in [0.29, 0.717) is 0 Å². The van der Waals surface area contributed by atoms with E-state index >= 15 is 0 Å². The van der Waals surface area contributed by atoms with Gasteiger partial charge in [0.1, 0.15) is 7.05 Å². The van der Waals surface area contributed by atoms with Crippen molar-refractivity contribution in [3.63, 3.8) is 0 Å². The van der Waals surface area contributed by atoms with Gasteiger partial charge >= 0.3 is 0 Å². The number of hydrogen-bond acceptors (Lipinski definition) is 2. The van der Waals surface area contributed by atoms with Crippen LogP contribution in [0.2, 0.25) is 0 Å². The molecule has 2 rings (SSSR count). The molecule has 2 aromatic rings. The minimum absolute atomic E-state index is 1.64. The van der Waals surface area contributed by atoms with Crippen LogP contribution in [-0.4, -0.2) is 19.7 Å². The molecule has 0 saturated carbocycles. The van der Waals surface area contributed by atoms with Crippen molar-refractivity contribution in [2.24, 2.45) is 21.1 Å². The van der Waals surface area contributed by atoms with Crippen molar-refractivity contribution in [1.82, 2.24) is 19.7 Å². The van der Waals surface area contributed by atoms with E-state index in [9.17, 15) is 0 Å². The van der Waals surface area contributed by atoms with E-state index < -0.39 is 0 Å². The van der Waals surface area contributed by atoms with Crippen LogP contribution in [0.3, 0.4) is 0 Å². The van der Waals surface area contributed by atoms with E-state index in [-0.39, 0.29) is 0 Å². The Bertz CT molecular complexity index is 411. The maximum Gasteiger partial charge on any atom is 0.265 e. The summed E-state index contributed by atoms with van der Waals surface area (Å²) in [6.07, 6.45) is 8.81. The Labute approximate surface area is 88.7 Å². The standard InChI is InChI=1S/C5H8N3.C4H8N3/c1-3-8-5-7(2)4-6-8;1-6-4-3-5-7(6)2/h3-5H,1H2,2H3;3-4H,1-2H3/q2*+1. The Morgan fingerprint density at radius 2 is 2.07 bits per heavy atom. The number of nitrogens with zero attached hydrogens (tertiary/aromatic N) is 6. The molecule has 80 valence electrons. The highest BCUT2D eigenvalue weighted by atomic mass is 15.5. The van der Waals surface area contributed by atoms with Crippen molar-refractivity contribution in [3.05, 3.63) is 31.6 Å². The summed E-state index contributed by atoms with van der Waals surface area (Å²) in [5.41, 5.74) is 0. The maximum absolute atomic E-state index is 3.90. The lowest BCUT2D eigenvalue weighted by Crippen LogP contribution is -2.36. The van der Waals surface area contributed by atoms with Gasteiger partial charge in [-0.3, -0.25) is 0 Å². The van der Waals surface area contributed by atoms with Gasteiger partial charge in [0, 0.05) is 10.2 Å². The first-order valence-corrected chi connectivity index (χ1v) is 4.49. The molecule has 0 atom stereocenters. The van der Waals surface area contributed by atoms with Crippen LogP contribution in [0.4, 0.5) is 0 Å². The number of rotatable bonds is 1. The third-order valence-electron chi connectivity index (χ3n) is 1.83.